The highest BCUT2D eigenvalue weighted by atomic mass is 19.1. The van der Waals surface area contributed by atoms with Crippen LogP contribution >= 0.6 is 0 Å². The van der Waals surface area contributed by atoms with Crippen LogP contribution in [0.3, 0.4) is 0 Å². The van der Waals surface area contributed by atoms with Gasteiger partial charge in [-0.05, 0) is 25.9 Å². The Balaban J connectivity index is 2.39. The number of likely N-dealkylation sites (tertiary alicyclic amines) is 1. The molecule has 2 atom stereocenters. The fourth-order valence-corrected chi connectivity index (χ4v) is 1.75. The van der Waals surface area contributed by atoms with Gasteiger partial charge in [0.2, 0.25) is 0 Å². The van der Waals surface area contributed by atoms with Crippen molar-refractivity contribution < 1.29 is 9.18 Å². The zero-order valence-corrected chi connectivity index (χ0v) is 7.50. The molecule has 0 aliphatic carbocycles. The molecule has 1 aliphatic rings. The first-order valence-corrected chi connectivity index (χ1v) is 4.59. The third kappa shape index (κ3) is 2.27. The van der Waals surface area contributed by atoms with Crippen LogP contribution in [0.2, 0.25) is 0 Å². The van der Waals surface area contributed by atoms with Crippen LogP contribution in [0, 0.1) is 5.92 Å². The van der Waals surface area contributed by atoms with Gasteiger partial charge in [0.05, 0.1) is 0 Å². The van der Waals surface area contributed by atoms with Crippen molar-refractivity contribution in [2.45, 2.75) is 25.9 Å². The highest BCUT2D eigenvalue weighted by Gasteiger charge is 2.25. The number of rotatable bonds is 3. The first kappa shape index (κ1) is 9.65. The zero-order chi connectivity index (χ0) is 8.97. The fraction of sp³-hybridized carbons (Fsp3) is 0.889. The van der Waals surface area contributed by atoms with E-state index in [2.05, 4.69) is 11.8 Å². The summed E-state index contributed by atoms with van der Waals surface area (Å²) in [6, 6.07) is 0. The van der Waals surface area contributed by atoms with E-state index in [0.29, 0.717) is 6.29 Å². The molecule has 0 amide bonds. The maximum atomic E-state index is 12.9. The lowest BCUT2D eigenvalue weighted by Gasteiger charge is -2.31. The average molecular weight is 173 g/mol. The molecule has 0 aromatic carbocycles. The summed E-state index contributed by atoms with van der Waals surface area (Å²) in [6.07, 6.45) is 1.06. The monoisotopic (exact) mass is 173 g/mol. The van der Waals surface area contributed by atoms with Crippen LogP contribution in [-0.2, 0) is 4.79 Å². The molecular weight excluding hydrogens is 157 g/mol. The smallest absolute Gasteiger partial charge is 0.159 e. The van der Waals surface area contributed by atoms with Gasteiger partial charge in [0.25, 0.3) is 0 Å². The van der Waals surface area contributed by atoms with Gasteiger partial charge in [0.1, 0.15) is 0 Å². The quantitative estimate of drug-likeness (QED) is 0.599. The molecule has 0 aromatic rings. The molecule has 1 rings (SSSR count). The number of alkyl halides is 1. The number of halogens is 1. The fourth-order valence-electron chi connectivity index (χ4n) is 1.75. The van der Waals surface area contributed by atoms with Gasteiger partial charge in [-0.1, -0.05) is 6.92 Å². The van der Waals surface area contributed by atoms with Crippen molar-refractivity contribution in [3.8, 4) is 0 Å². The molecule has 1 heterocycles. The van der Waals surface area contributed by atoms with Crippen LogP contribution in [0.15, 0.2) is 0 Å². The van der Waals surface area contributed by atoms with Crippen LogP contribution in [-0.4, -0.2) is 37.0 Å². The van der Waals surface area contributed by atoms with Gasteiger partial charge in [-0.15, -0.1) is 0 Å². The molecule has 1 saturated heterocycles. The molecule has 1 fully saturated rings. The Morgan fingerprint density at radius 1 is 1.75 bits per heavy atom. The number of hydrogen-bond acceptors (Lipinski definition) is 2. The summed E-state index contributed by atoms with van der Waals surface area (Å²) >= 11 is 0. The largest absolute Gasteiger partial charge is 0.303 e. The lowest BCUT2D eigenvalue weighted by molar-refractivity contribution is -0.114. The third-order valence-corrected chi connectivity index (χ3v) is 2.57. The minimum absolute atomic E-state index is 0.0591. The second-order valence-electron chi connectivity index (χ2n) is 3.38. The molecule has 3 heteroatoms. The van der Waals surface area contributed by atoms with Crippen LogP contribution in [0.4, 0.5) is 4.39 Å². The standard InChI is InChI=1S/C9H16FNO/c1-2-11-5-3-4-8(6-11)9(10)7-12/h7-9H,2-6H2,1H3. The summed E-state index contributed by atoms with van der Waals surface area (Å²) in [7, 11) is 0. The average Bonchev–Trinajstić information content (AvgIpc) is 2.17. The Labute approximate surface area is 72.7 Å². The number of carbonyl (C=O) groups excluding carboxylic acids is 1. The summed E-state index contributed by atoms with van der Waals surface area (Å²) < 4.78 is 12.9. The van der Waals surface area contributed by atoms with E-state index in [4.69, 9.17) is 0 Å². The maximum Gasteiger partial charge on any atom is 0.159 e. The minimum Gasteiger partial charge on any atom is -0.303 e. The molecule has 0 radical (unpaired) electrons. The van der Waals surface area contributed by atoms with E-state index < -0.39 is 6.17 Å². The highest BCUT2D eigenvalue weighted by Crippen LogP contribution is 2.20. The Bertz CT molecular complexity index is 151. The Morgan fingerprint density at radius 3 is 3.08 bits per heavy atom. The van der Waals surface area contributed by atoms with Crippen LogP contribution < -0.4 is 0 Å². The number of aldehydes is 1. The molecule has 2 unspecified atom stereocenters. The molecule has 12 heavy (non-hydrogen) atoms. The molecule has 0 bridgehead atoms. The molecule has 0 saturated carbocycles. The van der Waals surface area contributed by atoms with Crippen LogP contribution in [0.1, 0.15) is 19.8 Å². The number of hydrogen-bond donors (Lipinski definition) is 0. The summed E-state index contributed by atoms with van der Waals surface area (Å²) in [4.78, 5) is 12.4. The first-order valence-electron chi connectivity index (χ1n) is 4.59. The number of piperidine rings is 1. The SMILES string of the molecule is CCN1CCCC(C(F)C=O)C1. The minimum atomic E-state index is -1.25. The van der Waals surface area contributed by atoms with E-state index in [1.165, 1.54) is 0 Å². The highest BCUT2D eigenvalue weighted by molar-refractivity contribution is 5.56. The summed E-state index contributed by atoms with van der Waals surface area (Å²) in [5, 5.41) is 0. The zero-order valence-electron chi connectivity index (χ0n) is 7.50. The normalized spacial score (nSPS) is 28.3. The van der Waals surface area contributed by atoms with Gasteiger partial charge in [0.15, 0.2) is 12.5 Å². The summed E-state index contributed by atoms with van der Waals surface area (Å²) in [6.45, 7) is 4.83. The van der Waals surface area contributed by atoms with Gasteiger partial charge >= 0.3 is 0 Å². The van der Waals surface area contributed by atoms with Crippen molar-refractivity contribution in [3.05, 3.63) is 0 Å². The second-order valence-corrected chi connectivity index (χ2v) is 3.38. The lowest BCUT2D eigenvalue weighted by Crippen LogP contribution is -2.39. The van der Waals surface area contributed by atoms with Crippen molar-refractivity contribution >= 4 is 6.29 Å². The van der Waals surface area contributed by atoms with E-state index in [1.54, 1.807) is 0 Å². The molecular formula is C9H16FNO. The third-order valence-electron chi connectivity index (χ3n) is 2.57. The number of carbonyl (C=O) groups is 1. The van der Waals surface area contributed by atoms with E-state index in [-0.39, 0.29) is 5.92 Å². The van der Waals surface area contributed by atoms with Crippen molar-refractivity contribution in [1.82, 2.24) is 4.90 Å². The predicted molar refractivity (Wildman–Crippen MR) is 45.8 cm³/mol. The van der Waals surface area contributed by atoms with Gasteiger partial charge in [-0.3, -0.25) is 0 Å². The van der Waals surface area contributed by atoms with Gasteiger partial charge in [0, 0.05) is 12.5 Å². The summed E-state index contributed by atoms with van der Waals surface area (Å²) in [5.41, 5.74) is 0. The predicted octanol–water partition coefficient (Wildman–Crippen LogP) is 1.26. The van der Waals surface area contributed by atoms with Gasteiger partial charge in [-0.2, -0.15) is 0 Å². The summed E-state index contributed by atoms with van der Waals surface area (Å²) in [5.74, 6) is -0.0591. The van der Waals surface area contributed by atoms with E-state index >= 15 is 0 Å². The molecule has 0 aromatic heterocycles. The topological polar surface area (TPSA) is 20.3 Å². The molecule has 70 valence electrons. The Kier molecular flexibility index (Phi) is 3.66. The van der Waals surface area contributed by atoms with Crippen molar-refractivity contribution in [1.29, 1.82) is 0 Å². The Hall–Kier alpha value is -0.440. The van der Waals surface area contributed by atoms with Crippen LogP contribution in [0.25, 0.3) is 0 Å². The first-order chi connectivity index (χ1) is 5.77. The Morgan fingerprint density at radius 2 is 2.50 bits per heavy atom. The molecule has 0 N–H and O–H groups in total. The van der Waals surface area contributed by atoms with E-state index in [9.17, 15) is 9.18 Å². The van der Waals surface area contributed by atoms with Gasteiger partial charge < -0.3 is 9.69 Å². The van der Waals surface area contributed by atoms with E-state index in [0.717, 1.165) is 32.5 Å². The lowest BCUT2D eigenvalue weighted by atomic mass is 9.94. The van der Waals surface area contributed by atoms with Crippen molar-refractivity contribution in [2.75, 3.05) is 19.6 Å². The van der Waals surface area contributed by atoms with Gasteiger partial charge in [-0.25, -0.2) is 4.39 Å². The van der Waals surface area contributed by atoms with Crippen molar-refractivity contribution in [2.24, 2.45) is 5.92 Å². The maximum absolute atomic E-state index is 12.9. The van der Waals surface area contributed by atoms with Crippen LogP contribution in [0.5, 0.6) is 0 Å². The second kappa shape index (κ2) is 4.55. The molecule has 2 nitrogen and oxygen atoms in total. The molecule has 1 aliphatic heterocycles. The molecule has 0 spiro atoms. The number of nitrogens with zero attached hydrogens (tertiary/aromatic N) is 1. The van der Waals surface area contributed by atoms with E-state index in [1.807, 2.05) is 0 Å². The van der Waals surface area contributed by atoms with Crippen molar-refractivity contribution in [3.63, 3.8) is 0 Å².